The minimum atomic E-state index is -3.53. The second-order valence-electron chi connectivity index (χ2n) is 8.60. The van der Waals surface area contributed by atoms with Gasteiger partial charge in [0.15, 0.2) is 11.5 Å². The van der Waals surface area contributed by atoms with Crippen molar-refractivity contribution in [2.45, 2.75) is 37.0 Å². The average molecular weight is 515 g/mol. The molecule has 0 radical (unpaired) electrons. The van der Waals surface area contributed by atoms with Crippen LogP contribution in [0.1, 0.15) is 42.3 Å². The SMILES string of the molecule is Cc1cc(C(F)F)nc2sc3c(ncn4nc(C5CCN(S(=O)(=O)c6ccccc6)CC5)nc34)c12. The molecule has 5 aromatic rings. The number of hydrogen-bond donors (Lipinski definition) is 0. The van der Waals surface area contributed by atoms with Crippen LogP contribution in [0, 0.1) is 6.92 Å². The highest BCUT2D eigenvalue weighted by Crippen LogP contribution is 2.37. The normalized spacial score (nSPS) is 16.2. The van der Waals surface area contributed by atoms with E-state index in [1.54, 1.807) is 48.1 Å². The molecule has 5 heterocycles. The molecular formula is C23H20F2N6O2S2. The Kier molecular flexibility index (Phi) is 5.27. The van der Waals surface area contributed by atoms with Crippen LogP contribution in [-0.4, -0.2) is 50.4 Å². The number of pyridine rings is 1. The highest BCUT2D eigenvalue weighted by molar-refractivity contribution is 7.89. The number of sulfonamides is 1. The van der Waals surface area contributed by atoms with Gasteiger partial charge in [0, 0.05) is 24.4 Å². The van der Waals surface area contributed by atoms with Crippen LogP contribution < -0.4 is 0 Å². The van der Waals surface area contributed by atoms with Gasteiger partial charge in [-0.2, -0.15) is 4.31 Å². The number of aromatic nitrogens is 5. The van der Waals surface area contributed by atoms with Gasteiger partial charge in [-0.1, -0.05) is 18.2 Å². The Labute approximate surface area is 203 Å². The summed E-state index contributed by atoms with van der Waals surface area (Å²) in [5.41, 5.74) is 1.72. The number of rotatable bonds is 4. The lowest BCUT2D eigenvalue weighted by Crippen LogP contribution is -2.38. The molecule has 1 fully saturated rings. The monoisotopic (exact) mass is 514 g/mol. The Morgan fingerprint density at radius 2 is 1.86 bits per heavy atom. The highest BCUT2D eigenvalue weighted by Gasteiger charge is 2.31. The van der Waals surface area contributed by atoms with Crippen molar-refractivity contribution in [3.05, 3.63) is 59.8 Å². The molecule has 1 aliphatic rings. The summed E-state index contributed by atoms with van der Waals surface area (Å²) < 4.78 is 56.2. The summed E-state index contributed by atoms with van der Waals surface area (Å²) in [6.45, 7) is 2.54. The minimum Gasteiger partial charge on any atom is -0.236 e. The molecule has 1 aromatic carbocycles. The highest BCUT2D eigenvalue weighted by atomic mass is 32.2. The Hall–Kier alpha value is -3.09. The molecule has 0 amide bonds. The zero-order chi connectivity index (χ0) is 24.3. The maximum atomic E-state index is 13.2. The van der Waals surface area contributed by atoms with Crippen molar-refractivity contribution in [3.63, 3.8) is 0 Å². The molecule has 0 unspecified atom stereocenters. The van der Waals surface area contributed by atoms with Gasteiger partial charge in [0.2, 0.25) is 10.0 Å². The zero-order valence-electron chi connectivity index (χ0n) is 18.6. The van der Waals surface area contributed by atoms with E-state index in [1.165, 1.54) is 21.7 Å². The number of piperidine rings is 1. The number of benzene rings is 1. The van der Waals surface area contributed by atoms with Gasteiger partial charge < -0.3 is 0 Å². The van der Waals surface area contributed by atoms with Crippen molar-refractivity contribution in [1.29, 1.82) is 0 Å². The van der Waals surface area contributed by atoms with Gasteiger partial charge in [-0.15, -0.1) is 16.4 Å². The first kappa shape index (κ1) is 22.4. The number of halogens is 2. The van der Waals surface area contributed by atoms with E-state index in [9.17, 15) is 17.2 Å². The fraction of sp³-hybridized carbons (Fsp3) is 0.304. The third kappa shape index (κ3) is 3.67. The van der Waals surface area contributed by atoms with Crippen molar-refractivity contribution < 1.29 is 17.2 Å². The third-order valence-electron chi connectivity index (χ3n) is 6.42. The molecule has 1 aliphatic heterocycles. The Morgan fingerprint density at radius 1 is 1.11 bits per heavy atom. The molecule has 0 N–H and O–H groups in total. The number of nitrogens with zero attached hydrogens (tertiary/aromatic N) is 6. The van der Waals surface area contributed by atoms with Crippen LogP contribution in [0.3, 0.4) is 0 Å². The summed E-state index contributed by atoms with van der Waals surface area (Å²) in [5.74, 6) is 0.637. The van der Waals surface area contributed by atoms with Crippen molar-refractivity contribution in [2.24, 2.45) is 0 Å². The standard InChI is InChI=1S/C23H20F2N6O2S2/c1-13-11-16(20(24)25)27-23-17(13)18-19(34-23)22-28-21(29-31(22)12-26-18)14-7-9-30(10-8-14)35(32,33)15-5-3-2-4-6-15/h2-6,11-12,14,20H,7-10H2,1H3. The van der Waals surface area contributed by atoms with E-state index < -0.39 is 16.4 Å². The number of thiophene rings is 1. The fourth-order valence-electron chi connectivity index (χ4n) is 4.63. The summed E-state index contributed by atoms with van der Waals surface area (Å²) in [7, 11) is -3.53. The lowest BCUT2D eigenvalue weighted by Gasteiger charge is -2.29. The Bertz CT molecular complexity index is 1680. The molecule has 35 heavy (non-hydrogen) atoms. The summed E-state index contributed by atoms with van der Waals surface area (Å²) in [5, 5.41) is 5.36. The summed E-state index contributed by atoms with van der Waals surface area (Å²) >= 11 is 1.28. The smallest absolute Gasteiger partial charge is 0.236 e. The van der Waals surface area contributed by atoms with E-state index in [2.05, 4.69) is 15.1 Å². The molecular weight excluding hydrogens is 494 g/mol. The van der Waals surface area contributed by atoms with Gasteiger partial charge >= 0.3 is 0 Å². The van der Waals surface area contributed by atoms with Crippen LogP contribution in [0.2, 0.25) is 0 Å². The molecule has 0 aliphatic carbocycles. The summed E-state index contributed by atoms with van der Waals surface area (Å²) in [6, 6.07) is 9.84. The predicted octanol–water partition coefficient (Wildman–Crippen LogP) is 4.70. The molecule has 180 valence electrons. The Morgan fingerprint density at radius 3 is 2.57 bits per heavy atom. The van der Waals surface area contributed by atoms with E-state index >= 15 is 0 Å². The minimum absolute atomic E-state index is 0.00634. The van der Waals surface area contributed by atoms with E-state index in [1.807, 2.05) is 0 Å². The van der Waals surface area contributed by atoms with E-state index in [0.717, 1.165) is 10.1 Å². The van der Waals surface area contributed by atoms with Crippen LogP contribution in [0.4, 0.5) is 8.78 Å². The van der Waals surface area contributed by atoms with Gasteiger partial charge in [-0.25, -0.2) is 36.7 Å². The van der Waals surface area contributed by atoms with Crippen molar-refractivity contribution in [2.75, 3.05) is 13.1 Å². The topological polar surface area (TPSA) is 93.4 Å². The van der Waals surface area contributed by atoms with Gasteiger partial charge in [-0.3, -0.25) is 0 Å². The fourth-order valence-corrected chi connectivity index (χ4v) is 7.31. The molecule has 0 atom stereocenters. The number of aryl methyl sites for hydroxylation is 1. The molecule has 1 saturated heterocycles. The van der Waals surface area contributed by atoms with Crippen LogP contribution in [0.15, 0.2) is 47.6 Å². The van der Waals surface area contributed by atoms with E-state index in [4.69, 9.17) is 4.98 Å². The Balaban J connectivity index is 1.32. The maximum absolute atomic E-state index is 13.2. The first-order valence-corrected chi connectivity index (χ1v) is 13.4. The zero-order valence-corrected chi connectivity index (χ0v) is 20.2. The molecule has 12 heteroatoms. The predicted molar refractivity (Wildman–Crippen MR) is 128 cm³/mol. The second kappa shape index (κ2) is 8.25. The lowest BCUT2D eigenvalue weighted by molar-refractivity contribution is 0.146. The lowest BCUT2D eigenvalue weighted by atomic mass is 9.98. The van der Waals surface area contributed by atoms with Gasteiger partial charge in [-0.05, 0) is 43.5 Å². The molecule has 6 rings (SSSR count). The summed E-state index contributed by atoms with van der Waals surface area (Å²) in [4.78, 5) is 14.2. The number of alkyl halides is 2. The van der Waals surface area contributed by atoms with E-state index in [0.29, 0.717) is 58.2 Å². The molecule has 0 spiro atoms. The van der Waals surface area contributed by atoms with E-state index in [-0.39, 0.29) is 11.6 Å². The maximum Gasteiger partial charge on any atom is 0.280 e. The second-order valence-corrected chi connectivity index (χ2v) is 11.5. The first-order valence-electron chi connectivity index (χ1n) is 11.1. The van der Waals surface area contributed by atoms with Crippen molar-refractivity contribution in [1.82, 2.24) is 28.9 Å². The van der Waals surface area contributed by atoms with Crippen molar-refractivity contribution >= 4 is 47.4 Å². The van der Waals surface area contributed by atoms with Crippen LogP contribution in [0.25, 0.3) is 26.1 Å². The third-order valence-corrected chi connectivity index (χ3v) is 9.41. The number of hydrogen-bond acceptors (Lipinski definition) is 7. The van der Waals surface area contributed by atoms with Crippen molar-refractivity contribution in [3.8, 4) is 0 Å². The largest absolute Gasteiger partial charge is 0.280 e. The molecule has 0 bridgehead atoms. The average Bonchev–Trinajstić information content (AvgIpc) is 3.46. The molecule has 8 nitrogen and oxygen atoms in total. The number of fused-ring (bicyclic) bond motifs is 5. The quantitative estimate of drug-likeness (QED) is 0.345. The van der Waals surface area contributed by atoms with Gasteiger partial charge in [0.05, 0.1) is 10.4 Å². The van der Waals surface area contributed by atoms with Gasteiger partial charge in [0.1, 0.15) is 21.6 Å². The molecule has 0 saturated carbocycles. The van der Waals surface area contributed by atoms with Crippen LogP contribution >= 0.6 is 11.3 Å². The molecule has 4 aromatic heterocycles. The van der Waals surface area contributed by atoms with Gasteiger partial charge in [0.25, 0.3) is 6.43 Å². The van der Waals surface area contributed by atoms with Crippen LogP contribution in [-0.2, 0) is 10.0 Å². The summed E-state index contributed by atoms with van der Waals surface area (Å²) in [6.07, 6.45) is 0.136. The van der Waals surface area contributed by atoms with Crippen LogP contribution in [0.5, 0.6) is 0 Å². The first-order chi connectivity index (χ1) is 16.8.